The fraction of sp³-hybridized carbons (Fsp3) is 0.286. The summed E-state index contributed by atoms with van der Waals surface area (Å²) in [6.45, 7) is 3.03. The molecule has 0 spiro atoms. The van der Waals surface area contributed by atoms with E-state index in [1.54, 1.807) is 18.2 Å². The van der Waals surface area contributed by atoms with Gasteiger partial charge in [-0.3, -0.25) is 19.3 Å². The normalized spacial score (nSPS) is 13.0. The molecule has 28 heavy (non-hydrogen) atoms. The summed E-state index contributed by atoms with van der Waals surface area (Å²) >= 11 is 0. The number of amides is 2. The molecule has 2 aromatic rings. The summed E-state index contributed by atoms with van der Waals surface area (Å²) in [4.78, 5) is 36.3. The van der Waals surface area contributed by atoms with Crippen LogP contribution in [-0.2, 0) is 9.53 Å². The molecule has 0 saturated carbocycles. The number of carboxylic acids is 1. The second-order valence-corrected chi connectivity index (χ2v) is 6.34. The summed E-state index contributed by atoms with van der Waals surface area (Å²) in [6, 6.07) is 12.3. The number of imide groups is 1. The Morgan fingerprint density at radius 2 is 1.71 bits per heavy atom. The number of carbonyl (C=O) groups is 3. The molecule has 7 nitrogen and oxygen atoms in total. The average molecular weight is 383 g/mol. The minimum absolute atomic E-state index is 0.211. The van der Waals surface area contributed by atoms with E-state index in [2.05, 4.69) is 0 Å². The molecule has 0 radical (unpaired) electrons. The van der Waals surface area contributed by atoms with E-state index in [0.717, 1.165) is 22.4 Å². The second-order valence-electron chi connectivity index (χ2n) is 6.34. The van der Waals surface area contributed by atoms with Crippen LogP contribution in [0.25, 0.3) is 11.1 Å². The van der Waals surface area contributed by atoms with E-state index in [1.165, 1.54) is 0 Å². The highest BCUT2D eigenvalue weighted by molar-refractivity contribution is 6.22. The number of aliphatic carboxylic acids is 1. The van der Waals surface area contributed by atoms with Gasteiger partial charge in [0.05, 0.1) is 17.7 Å². The molecule has 0 unspecified atom stereocenters. The molecule has 2 aromatic carbocycles. The van der Waals surface area contributed by atoms with Gasteiger partial charge in [-0.2, -0.15) is 0 Å². The summed E-state index contributed by atoms with van der Waals surface area (Å²) < 4.78 is 11.1. The maximum Gasteiger partial charge on any atom is 0.323 e. The van der Waals surface area contributed by atoms with Crippen molar-refractivity contribution in [1.29, 1.82) is 0 Å². The van der Waals surface area contributed by atoms with Crippen molar-refractivity contribution in [3.8, 4) is 16.9 Å². The molecule has 0 bridgehead atoms. The van der Waals surface area contributed by atoms with Crippen molar-refractivity contribution < 1.29 is 29.0 Å². The maximum absolute atomic E-state index is 12.4. The summed E-state index contributed by atoms with van der Waals surface area (Å²) in [5.74, 6) is -1.74. The third-order valence-electron chi connectivity index (χ3n) is 4.28. The Bertz CT molecular complexity index is 908. The highest BCUT2D eigenvalue weighted by atomic mass is 16.5. The van der Waals surface area contributed by atoms with Crippen LogP contribution in [0.15, 0.2) is 42.5 Å². The van der Waals surface area contributed by atoms with E-state index in [-0.39, 0.29) is 11.1 Å². The molecular formula is C21H21NO6. The van der Waals surface area contributed by atoms with Crippen LogP contribution in [-0.4, -0.2) is 54.2 Å². The average Bonchev–Trinajstić information content (AvgIpc) is 2.92. The van der Waals surface area contributed by atoms with Gasteiger partial charge in [0.1, 0.15) is 18.9 Å². The van der Waals surface area contributed by atoms with Gasteiger partial charge in [0.2, 0.25) is 0 Å². The number of hydrogen-bond donors (Lipinski definition) is 1. The van der Waals surface area contributed by atoms with Crippen LogP contribution in [0.1, 0.15) is 34.1 Å². The highest BCUT2D eigenvalue weighted by Crippen LogP contribution is 2.30. The van der Waals surface area contributed by atoms with Gasteiger partial charge in [-0.25, -0.2) is 0 Å². The van der Waals surface area contributed by atoms with Gasteiger partial charge in [-0.05, 0) is 41.8 Å². The van der Waals surface area contributed by atoms with Crippen LogP contribution in [0.4, 0.5) is 0 Å². The number of nitrogens with zero attached hydrogens (tertiary/aromatic N) is 1. The number of benzene rings is 2. The lowest BCUT2D eigenvalue weighted by atomic mass is 10.00. The molecule has 0 saturated heterocycles. The molecule has 146 valence electrons. The lowest BCUT2D eigenvalue weighted by Crippen LogP contribution is -2.34. The van der Waals surface area contributed by atoms with Crippen molar-refractivity contribution in [3.05, 3.63) is 53.6 Å². The summed E-state index contributed by atoms with van der Waals surface area (Å²) in [7, 11) is 0. The van der Waals surface area contributed by atoms with E-state index < -0.39 is 24.3 Å². The molecule has 2 amide bonds. The first kappa shape index (κ1) is 19.6. The minimum Gasteiger partial charge on any atom is -0.491 e. The first-order chi connectivity index (χ1) is 13.5. The molecule has 1 aliphatic heterocycles. The van der Waals surface area contributed by atoms with Crippen molar-refractivity contribution in [2.75, 3.05) is 26.4 Å². The Morgan fingerprint density at radius 3 is 2.46 bits per heavy atom. The molecule has 1 heterocycles. The predicted octanol–water partition coefficient (Wildman–Crippen LogP) is 2.84. The predicted molar refractivity (Wildman–Crippen MR) is 101 cm³/mol. The Morgan fingerprint density at radius 1 is 0.964 bits per heavy atom. The van der Waals surface area contributed by atoms with Crippen molar-refractivity contribution >= 4 is 17.8 Å². The van der Waals surface area contributed by atoms with E-state index in [0.29, 0.717) is 25.6 Å². The zero-order valence-electron chi connectivity index (χ0n) is 15.5. The van der Waals surface area contributed by atoms with Gasteiger partial charge in [0.25, 0.3) is 11.8 Å². The first-order valence-corrected chi connectivity index (χ1v) is 9.04. The van der Waals surface area contributed by atoms with Crippen molar-refractivity contribution in [2.45, 2.75) is 13.3 Å². The Balaban J connectivity index is 1.77. The van der Waals surface area contributed by atoms with E-state index in [1.807, 2.05) is 31.2 Å². The SMILES string of the molecule is CCCOCCOc1cccc(-c2ccc3c(c2)C(=O)N(CC(=O)O)C3=O)c1. The molecule has 3 rings (SSSR count). The van der Waals surface area contributed by atoms with Crippen LogP contribution < -0.4 is 4.74 Å². The molecule has 0 atom stereocenters. The fourth-order valence-electron chi connectivity index (χ4n) is 2.98. The molecule has 0 fully saturated rings. The van der Waals surface area contributed by atoms with Gasteiger partial charge in [0, 0.05) is 6.61 Å². The topological polar surface area (TPSA) is 93.1 Å². The second kappa shape index (κ2) is 8.67. The van der Waals surface area contributed by atoms with Crippen LogP contribution >= 0.6 is 0 Å². The molecule has 7 heteroatoms. The van der Waals surface area contributed by atoms with Crippen molar-refractivity contribution in [2.24, 2.45) is 0 Å². The summed E-state index contributed by atoms with van der Waals surface area (Å²) in [5, 5.41) is 8.90. The van der Waals surface area contributed by atoms with E-state index >= 15 is 0 Å². The van der Waals surface area contributed by atoms with Crippen molar-refractivity contribution in [1.82, 2.24) is 4.90 Å². The Labute approximate surface area is 162 Å². The van der Waals surface area contributed by atoms with E-state index in [9.17, 15) is 14.4 Å². The number of ether oxygens (including phenoxy) is 2. The lowest BCUT2D eigenvalue weighted by Gasteiger charge is -2.09. The standard InChI is InChI=1S/C21H21NO6/c1-2-8-27-9-10-28-16-5-3-4-14(11-16)15-6-7-17-18(12-15)21(26)22(20(17)25)13-19(23)24/h3-7,11-12H,2,8-10,13H2,1H3,(H,23,24). The number of hydrogen-bond acceptors (Lipinski definition) is 5. The molecule has 0 aliphatic carbocycles. The van der Waals surface area contributed by atoms with Gasteiger partial charge in [-0.1, -0.05) is 25.1 Å². The van der Waals surface area contributed by atoms with Crippen LogP contribution in [0.2, 0.25) is 0 Å². The third kappa shape index (κ3) is 4.20. The number of carbonyl (C=O) groups excluding carboxylic acids is 2. The fourth-order valence-corrected chi connectivity index (χ4v) is 2.98. The third-order valence-corrected chi connectivity index (χ3v) is 4.28. The number of fused-ring (bicyclic) bond motifs is 1. The van der Waals surface area contributed by atoms with Crippen LogP contribution in [0.5, 0.6) is 5.75 Å². The van der Waals surface area contributed by atoms with Gasteiger partial charge in [0.15, 0.2) is 0 Å². The number of rotatable bonds is 9. The monoisotopic (exact) mass is 383 g/mol. The summed E-state index contributed by atoms with van der Waals surface area (Å²) in [6.07, 6.45) is 0.957. The molecule has 1 N–H and O–H groups in total. The lowest BCUT2D eigenvalue weighted by molar-refractivity contribution is -0.137. The largest absolute Gasteiger partial charge is 0.491 e. The maximum atomic E-state index is 12.4. The zero-order chi connectivity index (χ0) is 20.1. The van der Waals surface area contributed by atoms with Gasteiger partial charge >= 0.3 is 5.97 Å². The smallest absolute Gasteiger partial charge is 0.323 e. The highest BCUT2D eigenvalue weighted by Gasteiger charge is 2.36. The number of carboxylic acid groups (broad SMARTS) is 1. The Hall–Kier alpha value is -3.19. The molecule has 0 aromatic heterocycles. The summed E-state index contributed by atoms with van der Waals surface area (Å²) in [5.41, 5.74) is 2.00. The quantitative estimate of drug-likeness (QED) is 0.529. The minimum atomic E-state index is -1.23. The van der Waals surface area contributed by atoms with Gasteiger partial charge in [-0.15, -0.1) is 0 Å². The molecular weight excluding hydrogens is 362 g/mol. The zero-order valence-corrected chi connectivity index (χ0v) is 15.5. The van der Waals surface area contributed by atoms with Crippen molar-refractivity contribution in [3.63, 3.8) is 0 Å². The Kier molecular flexibility index (Phi) is 6.06. The van der Waals surface area contributed by atoms with Crippen LogP contribution in [0, 0.1) is 0 Å². The molecule has 1 aliphatic rings. The van der Waals surface area contributed by atoms with E-state index in [4.69, 9.17) is 14.6 Å². The van der Waals surface area contributed by atoms with Gasteiger partial charge < -0.3 is 14.6 Å². The van der Waals surface area contributed by atoms with Crippen LogP contribution in [0.3, 0.4) is 0 Å². The first-order valence-electron chi connectivity index (χ1n) is 9.04.